The van der Waals surface area contributed by atoms with E-state index in [1.807, 2.05) is 23.5 Å². The van der Waals surface area contributed by atoms with Crippen molar-refractivity contribution in [2.75, 3.05) is 17.3 Å². The Labute approximate surface area is 104 Å². The van der Waals surface area contributed by atoms with Gasteiger partial charge in [-0.1, -0.05) is 12.1 Å². The summed E-state index contributed by atoms with van der Waals surface area (Å²) in [6.45, 7) is 0. The number of halogens is 1. The van der Waals surface area contributed by atoms with Crippen molar-refractivity contribution in [3.63, 3.8) is 0 Å². The predicted molar refractivity (Wildman–Crippen MR) is 70.0 cm³/mol. The number of rotatable bonds is 3. The molecule has 0 bridgehead atoms. The van der Waals surface area contributed by atoms with E-state index in [2.05, 4.69) is 5.43 Å². The van der Waals surface area contributed by atoms with Crippen molar-refractivity contribution >= 4 is 23.5 Å². The van der Waals surface area contributed by atoms with Crippen LogP contribution in [0.4, 0.5) is 4.39 Å². The normalized spacial score (nSPS) is 23.0. The Morgan fingerprint density at radius 1 is 1.31 bits per heavy atom. The lowest BCUT2D eigenvalue weighted by Crippen LogP contribution is -2.37. The second-order valence-electron chi connectivity index (χ2n) is 3.68. The van der Waals surface area contributed by atoms with Crippen molar-refractivity contribution in [3.05, 3.63) is 35.6 Å². The van der Waals surface area contributed by atoms with E-state index in [4.69, 9.17) is 5.84 Å². The molecule has 2 atom stereocenters. The van der Waals surface area contributed by atoms with E-state index in [0.29, 0.717) is 5.25 Å². The molecule has 2 rings (SSSR count). The Kier molecular flexibility index (Phi) is 4.52. The minimum atomic E-state index is -0.204. The third kappa shape index (κ3) is 2.91. The molecule has 0 spiro atoms. The first-order valence-corrected chi connectivity index (χ1v) is 7.42. The zero-order valence-corrected chi connectivity index (χ0v) is 10.5. The predicted octanol–water partition coefficient (Wildman–Crippen LogP) is 2.18. The summed E-state index contributed by atoms with van der Waals surface area (Å²) in [6.07, 6.45) is 0. The number of nitrogens with one attached hydrogen (secondary N) is 1. The van der Waals surface area contributed by atoms with Crippen LogP contribution in [0.2, 0.25) is 0 Å². The molecule has 5 heteroatoms. The summed E-state index contributed by atoms with van der Waals surface area (Å²) in [5.74, 6) is 8.87. The zero-order valence-electron chi connectivity index (χ0n) is 8.86. The van der Waals surface area contributed by atoms with Gasteiger partial charge in [0.15, 0.2) is 0 Å². The van der Waals surface area contributed by atoms with Crippen LogP contribution in [-0.2, 0) is 0 Å². The first-order chi connectivity index (χ1) is 7.81. The van der Waals surface area contributed by atoms with Crippen LogP contribution in [0.3, 0.4) is 0 Å². The van der Waals surface area contributed by atoms with Gasteiger partial charge in [-0.15, -0.1) is 0 Å². The Morgan fingerprint density at radius 2 is 2.06 bits per heavy atom. The third-order valence-corrected chi connectivity index (χ3v) is 5.49. The molecule has 1 aromatic rings. The van der Waals surface area contributed by atoms with Gasteiger partial charge in [-0.05, 0) is 17.7 Å². The van der Waals surface area contributed by atoms with E-state index >= 15 is 0 Å². The molecule has 88 valence electrons. The Hall–Kier alpha value is -0.230. The zero-order chi connectivity index (χ0) is 11.4. The van der Waals surface area contributed by atoms with E-state index < -0.39 is 0 Å². The average Bonchev–Trinajstić information content (AvgIpc) is 2.34. The van der Waals surface area contributed by atoms with Crippen LogP contribution in [0.25, 0.3) is 0 Å². The van der Waals surface area contributed by atoms with Gasteiger partial charge in [0.1, 0.15) is 5.82 Å². The van der Waals surface area contributed by atoms with Gasteiger partial charge < -0.3 is 0 Å². The molecule has 2 unspecified atom stereocenters. The van der Waals surface area contributed by atoms with Gasteiger partial charge in [0, 0.05) is 22.5 Å². The van der Waals surface area contributed by atoms with Gasteiger partial charge in [0.25, 0.3) is 0 Å². The highest BCUT2D eigenvalue weighted by molar-refractivity contribution is 8.06. The standard InChI is InChI=1S/C11H15FN2S2/c12-9-3-1-8(2-4-9)11(14-13)10-7-15-5-6-16-10/h1-4,10-11,14H,5-7,13H2. The van der Waals surface area contributed by atoms with Crippen molar-refractivity contribution in [2.45, 2.75) is 11.3 Å². The Morgan fingerprint density at radius 3 is 2.62 bits per heavy atom. The summed E-state index contributed by atoms with van der Waals surface area (Å²) in [5, 5.41) is 0.467. The fraction of sp³-hybridized carbons (Fsp3) is 0.455. The van der Waals surface area contributed by atoms with E-state index in [9.17, 15) is 4.39 Å². The van der Waals surface area contributed by atoms with Crippen molar-refractivity contribution in [1.29, 1.82) is 0 Å². The largest absolute Gasteiger partial charge is 0.271 e. The molecule has 0 amide bonds. The topological polar surface area (TPSA) is 38.0 Å². The fourth-order valence-corrected chi connectivity index (χ4v) is 4.64. The first-order valence-electron chi connectivity index (χ1n) is 5.22. The SMILES string of the molecule is NNC(c1ccc(F)cc1)C1CSCCS1. The summed E-state index contributed by atoms with van der Waals surface area (Å²) >= 11 is 3.89. The number of hydrogen-bond acceptors (Lipinski definition) is 4. The smallest absolute Gasteiger partial charge is 0.123 e. The lowest BCUT2D eigenvalue weighted by molar-refractivity contribution is 0.550. The molecule has 0 saturated carbocycles. The van der Waals surface area contributed by atoms with E-state index in [1.165, 1.54) is 17.9 Å². The minimum absolute atomic E-state index is 0.110. The molecule has 1 aliphatic rings. The molecule has 0 aromatic heterocycles. The summed E-state index contributed by atoms with van der Waals surface area (Å²) in [6, 6.07) is 6.69. The molecule has 1 heterocycles. The van der Waals surface area contributed by atoms with E-state index in [1.54, 1.807) is 12.1 Å². The van der Waals surface area contributed by atoms with Gasteiger partial charge in [0.05, 0.1) is 6.04 Å². The third-order valence-electron chi connectivity index (χ3n) is 2.62. The number of hydrogen-bond donors (Lipinski definition) is 2. The van der Waals surface area contributed by atoms with Gasteiger partial charge in [0.2, 0.25) is 0 Å². The monoisotopic (exact) mass is 258 g/mol. The Bertz CT molecular complexity index is 325. The molecule has 1 fully saturated rings. The molecular weight excluding hydrogens is 243 g/mol. The molecule has 0 aliphatic carbocycles. The van der Waals surface area contributed by atoms with Crippen LogP contribution in [0.1, 0.15) is 11.6 Å². The van der Waals surface area contributed by atoms with Crippen LogP contribution in [-0.4, -0.2) is 22.5 Å². The van der Waals surface area contributed by atoms with Gasteiger partial charge in [-0.2, -0.15) is 23.5 Å². The molecular formula is C11H15FN2S2. The van der Waals surface area contributed by atoms with Crippen molar-refractivity contribution in [1.82, 2.24) is 5.43 Å². The van der Waals surface area contributed by atoms with Gasteiger partial charge in [-0.3, -0.25) is 11.3 Å². The van der Waals surface area contributed by atoms with Crippen LogP contribution in [0.5, 0.6) is 0 Å². The maximum absolute atomic E-state index is 12.8. The summed E-state index contributed by atoms with van der Waals surface area (Å²) < 4.78 is 12.8. The average molecular weight is 258 g/mol. The van der Waals surface area contributed by atoms with Crippen molar-refractivity contribution < 1.29 is 4.39 Å². The molecule has 1 aliphatic heterocycles. The van der Waals surface area contributed by atoms with Gasteiger partial charge >= 0.3 is 0 Å². The fourth-order valence-electron chi connectivity index (χ4n) is 1.79. The highest BCUT2D eigenvalue weighted by Crippen LogP contribution is 2.33. The quantitative estimate of drug-likeness (QED) is 0.644. The maximum Gasteiger partial charge on any atom is 0.123 e. The lowest BCUT2D eigenvalue weighted by atomic mass is 10.1. The summed E-state index contributed by atoms with van der Waals surface area (Å²) in [7, 11) is 0. The highest BCUT2D eigenvalue weighted by Gasteiger charge is 2.24. The number of thioether (sulfide) groups is 2. The van der Waals surface area contributed by atoms with Crippen LogP contribution in [0.15, 0.2) is 24.3 Å². The Balaban J connectivity index is 2.11. The van der Waals surface area contributed by atoms with Crippen molar-refractivity contribution in [2.24, 2.45) is 5.84 Å². The lowest BCUT2D eigenvalue weighted by Gasteiger charge is -2.29. The van der Waals surface area contributed by atoms with Crippen LogP contribution < -0.4 is 11.3 Å². The molecule has 3 N–H and O–H groups in total. The molecule has 0 radical (unpaired) electrons. The van der Waals surface area contributed by atoms with E-state index in [-0.39, 0.29) is 11.9 Å². The number of hydrazine groups is 1. The molecule has 1 aromatic carbocycles. The highest BCUT2D eigenvalue weighted by atomic mass is 32.2. The molecule has 1 saturated heterocycles. The minimum Gasteiger partial charge on any atom is -0.271 e. The van der Waals surface area contributed by atoms with E-state index in [0.717, 1.165) is 17.1 Å². The summed E-state index contributed by atoms with van der Waals surface area (Å²) in [5.41, 5.74) is 3.91. The van der Waals surface area contributed by atoms with Crippen LogP contribution in [0, 0.1) is 5.82 Å². The molecule has 16 heavy (non-hydrogen) atoms. The second kappa shape index (κ2) is 5.91. The summed E-state index contributed by atoms with van der Waals surface area (Å²) in [4.78, 5) is 0. The van der Waals surface area contributed by atoms with Crippen LogP contribution >= 0.6 is 23.5 Å². The molecule has 2 nitrogen and oxygen atoms in total. The second-order valence-corrected chi connectivity index (χ2v) is 6.18. The maximum atomic E-state index is 12.8. The first kappa shape index (κ1) is 12.2. The van der Waals surface area contributed by atoms with Gasteiger partial charge in [-0.25, -0.2) is 4.39 Å². The number of nitrogens with two attached hydrogens (primary N) is 1. The van der Waals surface area contributed by atoms with Crippen molar-refractivity contribution in [3.8, 4) is 0 Å². The number of benzene rings is 1.